The van der Waals surface area contributed by atoms with Crippen LogP contribution in [0.2, 0.25) is 0 Å². The van der Waals surface area contributed by atoms with Crippen LogP contribution in [0, 0.1) is 11.8 Å². The van der Waals surface area contributed by atoms with Crippen molar-refractivity contribution in [2.45, 2.75) is 129 Å². The Hall–Kier alpha value is -4.94. The summed E-state index contributed by atoms with van der Waals surface area (Å²) in [5.74, 6) is 1.02. The lowest BCUT2D eigenvalue weighted by Crippen LogP contribution is -2.18. The Morgan fingerprint density at radius 2 is 0.683 bits per heavy atom. The average molecular weight is 787 g/mol. The first-order valence-electron chi connectivity index (χ1n) is 22.7. The number of allylic oxidation sites excluding steroid dienone is 8. The topological polar surface area (TPSA) is 0 Å². The maximum Gasteiger partial charge on any atom is 0.0190 e. The maximum absolute atomic E-state index is 2.58. The Balaban J connectivity index is 1.19. The smallest absolute Gasteiger partial charge is 0.0190 e. The van der Waals surface area contributed by atoms with Crippen LogP contribution in [0.1, 0.15) is 162 Å². The number of benzene rings is 5. The molecule has 0 spiro atoms. The summed E-state index contributed by atoms with van der Waals surface area (Å²) >= 11 is 0. The minimum atomic E-state index is 0.0231. The van der Waals surface area contributed by atoms with Crippen LogP contribution in [0.25, 0.3) is 22.3 Å². The second-order valence-corrected chi connectivity index (χ2v) is 22.6. The lowest BCUT2D eigenvalue weighted by molar-refractivity contribution is 0.585. The van der Waals surface area contributed by atoms with Gasteiger partial charge in [-0.1, -0.05) is 217 Å². The van der Waals surface area contributed by atoms with Crippen molar-refractivity contribution in [1.82, 2.24) is 0 Å². The van der Waals surface area contributed by atoms with E-state index in [2.05, 4.69) is 217 Å². The number of hydrogen-bond acceptors (Lipinski definition) is 0. The molecule has 0 aliphatic heterocycles. The molecule has 2 atom stereocenters. The molecule has 0 nitrogen and oxygen atoms in total. The second kappa shape index (κ2) is 14.3. The fraction of sp³-hybridized carbons (Fsp3) is 0.367. The van der Waals surface area contributed by atoms with Gasteiger partial charge in [0, 0.05) is 23.7 Å². The highest BCUT2D eigenvalue weighted by atomic mass is 14.4. The fourth-order valence-electron chi connectivity index (χ4n) is 10.4. The highest BCUT2D eigenvalue weighted by molar-refractivity contribution is 5.82. The largest absolute Gasteiger partial charge is 0.0767 e. The van der Waals surface area contributed by atoms with E-state index in [1.54, 1.807) is 0 Å². The molecule has 0 amide bonds. The van der Waals surface area contributed by atoms with Crippen LogP contribution >= 0.6 is 0 Å². The van der Waals surface area contributed by atoms with E-state index >= 15 is 0 Å². The number of hydrogen-bond donors (Lipinski definition) is 0. The Bertz CT molecular complexity index is 2410. The van der Waals surface area contributed by atoms with Gasteiger partial charge < -0.3 is 0 Å². The Morgan fingerprint density at radius 3 is 1.00 bits per heavy atom. The molecule has 0 heterocycles. The van der Waals surface area contributed by atoms with Crippen LogP contribution in [0.4, 0.5) is 0 Å². The summed E-state index contributed by atoms with van der Waals surface area (Å²) < 4.78 is 0. The summed E-state index contributed by atoms with van der Waals surface area (Å²) in [6.45, 7) is 28.2. The van der Waals surface area contributed by atoms with Crippen molar-refractivity contribution >= 4 is 0 Å². The monoisotopic (exact) mass is 787 g/mol. The van der Waals surface area contributed by atoms with E-state index in [1.165, 1.54) is 89.0 Å². The molecule has 2 unspecified atom stereocenters. The zero-order valence-corrected chi connectivity index (χ0v) is 38.4. The first kappa shape index (κ1) is 40.5. The molecule has 0 saturated heterocycles. The van der Waals surface area contributed by atoms with Crippen molar-refractivity contribution in [2.24, 2.45) is 11.8 Å². The zero-order valence-electron chi connectivity index (χ0n) is 38.4. The molecular weight excluding hydrogens is 721 g/mol. The molecule has 60 heavy (non-hydrogen) atoms. The van der Waals surface area contributed by atoms with Gasteiger partial charge in [0.2, 0.25) is 0 Å². The number of rotatable bonds is 6. The highest BCUT2D eigenvalue weighted by Crippen LogP contribution is 2.51. The molecule has 5 aromatic rings. The molecule has 0 fully saturated rings. The van der Waals surface area contributed by atoms with Gasteiger partial charge in [0.1, 0.15) is 0 Å². The molecule has 0 N–H and O–H groups in total. The molecule has 306 valence electrons. The van der Waals surface area contributed by atoms with Crippen molar-refractivity contribution < 1.29 is 0 Å². The lowest BCUT2D eigenvalue weighted by Gasteiger charge is -2.30. The third-order valence-corrected chi connectivity index (χ3v) is 14.2. The fourth-order valence-corrected chi connectivity index (χ4v) is 10.4. The molecule has 0 aromatic heterocycles. The minimum Gasteiger partial charge on any atom is -0.0767 e. The van der Waals surface area contributed by atoms with E-state index in [0.29, 0.717) is 11.8 Å². The second-order valence-electron chi connectivity index (χ2n) is 22.6. The average Bonchev–Trinajstić information content (AvgIpc) is 4.01. The highest BCUT2D eigenvalue weighted by Gasteiger charge is 2.35. The van der Waals surface area contributed by atoms with Gasteiger partial charge in [-0.2, -0.15) is 0 Å². The van der Waals surface area contributed by atoms with Crippen LogP contribution in [0.3, 0.4) is 0 Å². The molecule has 9 rings (SSSR count). The maximum atomic E-state index is 2.58. The zero-order chi connectivity index (χ0) is 42.5. The molecule has 0 radical (unpaired) electrons. The minimum absolute atomic E-state index is 0.0231. The van der Waals surface area contributed by atoms with Crippen molar-refractivity contribution in [3.05, 3.63) is 200 Å². The van der Waals surface area contributed by atoms with Gasteiger partial charge in [-0.3, -0.25) is 0 Å². The Kier molecular flexibility index (Phi) is 9.66. The van der Waals surface area contributed by atoms with E-state index in [0.717, 1.165) is 12.8 Å². The summed E-state index contributed by atoms with van der Waals surface area (Å²) in [6, 6.07) is 34.7. The standard InChI is InChI=1S/C60H66/c1-57(2,3)43-27-25-41-29-49-51(47(41)31-43)33-45(59(7,8)9)35-53(49)55(37-17-13-14-18-37)39-21-23-40(24-22-39)56(38-19-15-16-20-38)54-36-46(60(10,11)12)34-52-48-32-44(58(4,5)6)28-26-42(48)30-50(52)54/h13-28,31-38,55-56H,29-30H2,1-12H3. The van der Waals surface area contributed by atoms with Crippen LogP contribution < -0.4 is 0 Å². The van der Waals surface area contributed by atoms with E-state index < -0.39 is 0 Å². The third-order valence-electron chi connectivity index (χ3n) is 14.2. The molecule has 5 aromatic carbocycles. The quantitative estimate of drug-likeness (QED) is 0.157. The van der Waals surface area contributed by atoms with E-state index in [9.17, 15) is 0 Å². The summed E-state index contributed by atoms with van der Waals surface area (Å²) in [7, 11) is 0. The first-order chi connectivity index (χ1) is 28.3. The molecule has 0 heteroatoms. The normalized spacial score (nSPS) is 17.0. The van der Waals surface area contributed by atoms with E-state index in [-0.39, 0.29) is 33.5 Å². The predicted molar refractivity (Wildman–Crippen MR) is 258 cm³/mol. The van der Waals surface area contributed by atoms with Gasteiger partial charge in [-0.15, -0.1) is 0 Å². The molecule has 4 aliphatic rings. The van der Waals surface area contributed by atoms with Crippen LogP contribution in [-0.2, 0) is 34.5 Å². The van der Waals surface area contributed by atoms with Crippen LogP contribution in [0.15, 0.2) is 134 Å². The third kappa shape index (κ3) is 7.23. The molecule has 0 bridgehead atoms. The van der Waals surface area contributed by atoms with Crippen molar-refractivity contribution in [2.75, 3.05) is 0 Å². The summed E-state index contributed by atoms with van der Waals surface area (Å²) in [5, 5.41) is 0. The molecule has 0 saturated carbocycles. The summed E-state index contributed by atoms with van der Waals surface area (Å²) in [5.41, 5.74) is 23.3. The Labute approximate surface area is 362 Å². The van der Waals surface area contributed by atoms with Crippen LogP contribution in [-0.4, -0.2) is 0 Å². The molecule has 4 aliphatic carbocycles. The SMILES string of the molecule is CC(C)(C)c1ccc2c(c1)-c1cc(C(C)(C)C)cc(C(c3ccc(C(c4cc(C(C)(C)C)cc5c4Cc4ccc(C(C)(C)C)cc4-5)C4C=CC=C4)cc3)C3C=CC=C3)c1C2. The van der Waals surface area contributed by atoms with Crippen molar-refractivity contribution in [3.8, 4) is 22.3 Å². The number of fused-ring (bicyclic) bond motifs is 6. The van der Waals surface area contributed by atoms with Gasteiger partial charge >= 0.3 is 0 Å². The van der Waals surface area contributed by atoms with E-state index in [1.807, 2.05) is 0 Å². The van der Waals surface area contributed by atoms with Gasteiger partial charge in [-0.25, -0.2) is 0 Å². The summed E-state index contributed by atoms with van der Waals surface area (Å²) in [4.78, 5) is 0. The van der Waals surface area contributed by atoms with Crippen molar-refractivity contribution in [1.29, 1.82) is 0 Å². The van der Waals surface area contributed by atoms with Crippen LogP contribution in [0.5, 0.6) is 0 Å². The van der Waals surface area contributed by atoms with Gasteiger partial charge in [-0.05, 0) is 124 Å². The van der Waals surface area contributed by atoms with Gasteiger partial charge in [0.25, 0.3) is 0 Å². The molecular formula is C60H66. The van der Waals surface area contributed by atoms with Crippen molar-refractivity contribution in [3.63, 3.8) is 0 Å². The predicted octanol–water partition coefficient (Wildman–Crippen LogP) is 15.8. The summed E-state index contributed by atoms with van der Waals surface area (Å²) in [6.07, 6.45) is 20.7. The van der Waals surface area contributed by atoms with Gasteiger partial charge in [0.05, 0.1) is 0 Å². The van der Waals surface area contributed by atoms with Gasteiger partial charge in [0.15, 0.2) is 0 Å². The Morgan fingerprint density at radius 1 is 0.367 bits per heavy atom. The first-order valence-corrected chi connectivity index (χ1v) is 22.7. The lowest BCUT2D eigenvalue weighted by atomic mass is 9.73. The van der Waals surface area contributed by atoms with E-state index in [4.69, 9.17) is 0 Å².